The lowest BCUT2D eigenvalue weighted by Crippen LogP contribution is -2.17. The lowest BCUT2D eigenvalue weighted by atomic mass is 9.97. The Morgan fingerprint density at radius 1 is 1.26 bits per heavy atom. The van der Waals surface area contributed by atoms with Crippen molar-refractivity contribution in [2.75, 3.05) is 11.9 Å². The molecule has 0 aliphatic carbocycles. The van der Waals surface area contributed by atoms with Gasteiger partial charge in [0.1, 0.15) is 0 Å². The topological polar surface area (TPSA) is 80.7 Å². The maximum absolute atomic E-state index is 11.9. The van der Waals surface area contributed by atoms with Gasteiger partial charge in [0.2, 0.25) is 0 Å². The molecular weight excluding hydrogens is 316 g/mol. The van der Waals surface area contributed by atoms with Gasteiger partial charge in [-0.1, -0.05) is 28.1 Å². The molecule has 19 heavy (non-hydrogen) atoms. The van der Waals surface area contributed by atoms with Crippen LogP contribution >= 0.6 is 15.9 Å². The zero-order valence-corrected chi connectivity index (χ0v) is 11.9. The summed E-state index contributed by atoms with van der Waals surface area (Å²) >= 11 is 3.13. The normalized spacial score (nSPS) is 10.0. The average molecular weight is 329 g/mol. The number of Topliss-reactive ketones (excluding diaryl/α,β-unsaturated/α-hetero) is 1. The number of hydrogen-bond acceptors (Lipinski definition) is 4. The summed E-state index contributed by atoms with van der Waals surface area (Å²) in [5.74, 6) is -2.36. The Hall–Kier alpha value is -1.69. The van der Waals surface area contributed by atoms with E-state index in [1.54, 1.807) is 6.92 Å². The molecule has 0 amide bonds. The van der Waals surface area contributed by atoms with E-state index in [0.717, 1.165) is 0 Å². The number of rotatable bonds is 6. The highest BCUT2D eigenvalue weighted by Gasteiger charge is 2.24. The molecular formula is C13H13BrO5. The number of ether oxygens (including phenoxy) is 1. The molecule has 1 aromatic rings. The number of hydrogen-bond donors (Lipinski definition) is 1. The summed E-state index contributed by atoms with van der Waals surface area (Å²) in [7, 11) is 0. The van der Waals surface area contributed by atoms with Gasteiger partial charge in [0.25, 0.3) is 0 Å². The first-order valence-corrected chi connectivity index (χ1v) is 6.77. The Labute approximate surface area is 118 Å². The van der Waals surface area contributed by atoms with Crippen molar-refractivity contribution < 1.29 is 24.2 Å². The Balaban J connectivity index is 3.37. The lowest BCUT2D eigenvalue weighted by Gasteiger charge is -2.10. The number of benzene rings is 1. The molecule has 0 aliphatic rings. The van der Waals surface area contributed by atoms with Gasteiger partial charge < -0.3 is 9.84 Å². The predicted octanol–water partition coefficient (Wildman–Crippen LogP) is 2.53. The van der Waals surface area contributed by atoms with Crippen LogP contribution in [0.15, 0.2) is 18.2 Å². The number of esters is 1. The molecule has 0 bridgehead atoms. The smallest absolute Gasteiger partial charge is 0.339 e. The minimum absolute atomic E-state index is 0.0813. The molecule has 0 saturated carbocycles. The van der Waals surface area contributed by atoms with Gasteiger partial charge in [0.05, 0.1) is 17.7 Å². The summed E-state index contributed by atoms with van der Waals surface area (Å²) < 4.78 is 4.82. The standard InChI is InChI=1S/C13H13BrO5/c1-2-19-13(18)11-8(10(15)6-7-14)4-3-5-9(11)12(16)17/h3-5H,2,6-7H2,1H3,(H,16,17). The van der Waals surface area contributed by atoms with Crippen molar-refractivity contribution in [2.24, 2.45) is 0 Å². The van der Waals surface area contributed by atoms with E-state index in [1.807, 2.05) is 0 Å². The van der Waals surface area contributed by atoms with Crippen LogP contribution in [0.4, 0.5) is 0 Å². The highest BCUT2D eigenvalue weighted by atomic mass is 79.9. The third kappa shape index (κ3) is 3.64. The van der Waals surface area contributed by atoms with Crippen molar-refractivity contribution >= 4 is 33.7 Å². The van der Waals surface area contributed by atoms with E-state index >= 15 is 0 Å². The minimum Gasteiger partial charge on any atom is -0.478 e. The number of carboxylic acid groups (broad SMARTS) is 1. The zero-order chi connectivity index (χ0) is 14.4. The summed E-state index contributed by atoms with van der Waals surface area (Å²) in [6.07, 6.45) is 0.176. The number of carboxylic acids is 1. The average Bonchev–Trinajstić information content (AvgIpc) is 2.38. The quantitative estimate of drug-likeness (QED) is 0.493. The number of halogens is 1. The van der Waals surface area contributed by atoms with E-state index < -0.39 is 11.9 Å². The molecule has 1 aromatic carbocycles. The Morgan fingerprint density at radius 2 is 1.89 bits per heavy atom. The van der Waals surface area contributed by atoms with Crippen molar-refractivity contribution in [3.8, 4) is 0 Å². The van der Waals surface area contributed by atoms with Gasteiger partial charge in [-0.3, -0.25) is 4.79 Å². The molecule has 0 aromatic heterocycles. The maximum atomic E-state index is 11.9. The van der Waals surface area contributed by atoms with Crippen LogP contribution < -0.4 is 0 Å². The van der Waals surface area contributed by atoms with E-state index in [9.17, 15) is 14.4 Å². The molecule has 1 N–H and O–H groups in total. The largest absolute Gasteiger partial charge is 0.478 e. The van der Waals surface area contributed by atoms with E-state index in [0.29, 0.717) is 5.33 Å². The minimum atomic E-state index is -1.27. The van der Waals surface area contributed by atoms with Crippen LogP contribution in [0, 0.1) is 0 Å². The third-order valence-corrected chi connectivity index (χ3v) is 2.79. The number of aromatic carboxylic acids is 1. The highest BCUT2D eigenvalue weighted by Crippen LogP contribution is 2.19. The van der Waals surface area contributed by atoms with Gasteiger partial charge in [-0.15, -0.1) is 0 Å². The van der Waals surface area contributed by atoms with Crippen LogP contribution in [0.5, 0.6) is 0 Å². The monoisotopic (exact) mass is 328 g/mol. The summed E-state index contributed by atoms with van der Waals surface area (Å²) in [5.41, 5.74) is -0.320. The van der Waals surface area contributed by atoms with Crippen LogP contribution in [-0.2, 0) is 4.74 Å². The Morgan fingerprint density at radius 3 is 2.42 bits per heavy atom. The fourth-order valence-corrected chi connectivity index (χ4v) is 1.97. The van der Waals surface area contributed by atoms with Crippen molar-refractivity contribution in [2.45, 2.75) is 13.3 Å². The SMILES string of the molecule is CCOC(=O)c1c(C(=O)O)cccc1C(=O)CCBr. The first-order chi connectivity index (χ1) is 9.02. The van der Waals surface area contributed by atoms with E-state index in [4.69, 9.17) is 9.84 Å². The molecule has 0 spiro atoms. The van der Waals surface area contributed by atoms with Crippen LogP contribution in [0.2, 0.25) is 0 Å². The van der Waals surface area contributed by atoms with Gasteiger partial charge >= 0.3 is 11.9 Å². The molecule has 0 saturated heterocycles. The number of carbonyl (C=O) groups is 3. The van der Waals surface area contributed by atoms with Gasteiger partial charge in [-0.2, -0.15) is 0 Å². The van der Waals surface area contributed by atoms with E-state index in [2.05, 4.69) is 15.9 Å². The van der Waals surface area contributed by atoms with Gasteiger partial charge in [0, 0.05) is 17.3 Å². The second-order valence-electron chi connectivity index (χ2n) is 3.62. The molecule has 0 atom stereocenters. The molecule has 0 heterocycles. The molecule has 1 rings (SSSR count). The molecule has 0 unspecified atom stereocenters. The molecule has 0 radical (unpaired) electrons. The molecule has 5 nitrogen and oxygen atoms in total. The van der Waals surface area contributed by atoms with Crippen LogP contribution in [-0.4, -0.2) is 34.8 Å². The molecule has 0 fully saturated rings. The summed E-state index contributed by atoms with van der Waals surface area (Å²) in [5, 5.41) is 9.53. The fourth-order valence-electron chi connectivity index (χ4n) is 1.61. The van der Waals surface area contributed by atoms with Crippen LogP contribution in [0.3, 0.4) is 0 Å². The van der Waals surface area contributed by atoms with Crippen LogP contribution in [0.1, 0.15) is 44.4 Å². The van der Waals surface area contributed by atoms with Gasteiger partial charge in [-0.25, -0.2) is 9.59 Å². The third-order valence-electron chi connectivity index (χ3n) is 2.40. The van der Waals surface area contributed by atoms with Crippen LogP contribution in [0.25, 0.3) is 0 Å². The Kier molecular flexibility index (Phi) is 5.69. The van der Waals surface area contributed by atoms with Gasteiger partial charge in [0.15, 0.2) is 5.78 Å². The van der Waals surface area contributed by atoms with Crippen molar-refractivity contribution in [1.82, 2.24) is 0 Å². The molecule has 6 heteroatoms. The van der Waals surface area contributed by atoms with Crippen molar-refractivity contribution in [1.29, 1.82) is 0 Å². The summed E-state index contributed by atoms with van der Waals surface area (Å²) in [6, 6.07) is 4.15. The molecule has 102 valence electrons. The predicted molar refractivity (Wildman–Crippen MR) is 72.1 cm³/mol. The fraction of sp³-hybridized carbons (Fsp3) is 0.308. The van der Waals surface area contributed by atoms with E-state index in [-0.39, 0.29) is 35.5 Å². The number of alkyl halides is 1. The van der Waals surface area contributed by atoms with Gasteiger partial charge in [-0.05, 0) is 13.0 Å². The summed E-state index contributed by atoms with van der Waals surface area (Å²) in [6.45, 7) is 1.72. The number of ketones is 1. The maximum Gasteiger partial charge on any atom is 0.339 e. The second-order valence-corrected chi connectivity index (χ2v) is 4.41. The van der Waals surface area contributed by atoms with E-state index in [1.165, 1.54) is 18.2 Å². The zero-order valence-electron chi connectivity index (χ0n) is 10.3. The second kappa shape index (κ2) is 7.04. The first kappa shape index (κ1) is 15.4. The lowest BCUT2D eigenvalue weighted by molar-refractivity contribution is 0.0511. The number of carbonyl (C=O) groups excluding carboxylic acids is 2. The Bertz CT molecular complexity index is 510. The first-order valence-electron chi connectivity index (χ1n) is 5.65. The molecule has 0 aliphatic heterocycles. The summed E-state index contributed by atoms with van der Waals surface area (Å²) in [4.78, 5) is 34.9. The van der Waals surface area contributed by atoms with Crippen molar-refractivity contribution in [3.63, 3.8) is 0 Å². The van der Waals surface area contributed by atoms with Crippen molar-refractivity contribution in [3.05, 3.63) is 34.9 Å². The highest BCUT2D eigenvalue weighted by molar-refractivity contribution is 9.09.